The lowest BCUT2D eigenvalue weighted by molar-refractivity contribution is -0.131. The van der Waals surface area contributed by atoms with Crippen molar-refractivity contribution in [3.05, 3.63) is 65.6 Å². The molecule has 5 heteroatoms. The molecular weight excluding hydrogens is 343 g/mol. The van der Waals surface area contributed by atoms with Gasteiger partial charge >= 0.3 is 0 Å². The topological polar surface area (TPSA) is 45.3 Å². The van der Waals surface area contributed by atoms with Crippen LogP contribution in [0.1, 0.15) is 30.0 Å². The molecule has 2 heterocycles. The van der Waals surface area contributed by atoms with Crippen molar-refractivity contribution in [1.82, 2.24) is 9.88 Å². The fourth-order valence-electron chi connectivity index (χ4n) is 3.85. The molecule has 4 nitrogen and oxygen atoms in total. The minimum atomic E-state index is -0.297. The van der Waals surface area contributed by atoms with Gasteiger partial charge in [0.1, 0.15) is 11.6 Å². The number of likely N-dealkylation sites (tertiary alicyclic amines) is 1. The maximum Gasteiger partial charge on any atom is 0.226 e. The highest BCUT2D eigenvalue weighted by molar-refractivity contribution is 5.82. The Morgan fingerprint density at radius 2 is 2.00 bits per heavy atom. The monoisotopic (exact) mass is 366 g/mol. The molecule has 1 amide bonds. The van der Waals surface area contributed by atoms with E-state index in [4.69, 9.17) is 4.74 Å². The number of hydrogen-bond donors (Lipinski definition) is 1. The van der Waals surface area contributed by atoms with Crippen molar-refractivity contribution in [2.45, 2.75) is 25.2 Å². The number of ether oxygens (including phenoxy) is 1. The van der Waals surface area contributed by atoms with Crippen LogP contribution in [0.25, 0.3) is 10.9 Å². The molecule has 1 saturated heterocycles. The molecule has 2 aromatic carbocycles. The van der Waals surface area contributed by atoms with Crippen molar-refractivity contribution < 1.29 is 13.9 Å². The number of aromatic amines is 1. The molecule has 1 aromatic heterocycles. The fraction of sp³-hybridized carbons (Fsp3) is 0.318. The summed E-state index contributed by atoms with van der Waals surface area (Å²) >= 11 is 0. The van der Waals surface area contributed by atoms with E-state index < -0.39 is 0 Å². The van der Waals surface area contributed by atoms with Crippen LogP contribution in [0.15, 0.2) is 48.5 Å². The normalized spacial score (nSPS) is 15.3. The van der Waals surface area contributed by atoms with Crippen molar-refractivity contribution in [2.75, 3.05) is 20.2 Å². The Kier molecular flexibility index (Phi) is 4.84. The number of rotatable bonds is 4. The molecule has 1 N–H and O–H groups in total. The third kappa shape index (κ3) is 3.82. The van der Waals surface area contributed by atoms with E-state index in [9.17, 15) is 9.18 Å². The number of methoxy groups -OCH3 is 1. The molecule has 0 aliphatic carbocycles. The molecular formula is C22H23FN2O2. The summed E-state index contributed by atoms with van der Waals surface area (Å²) in [5, 5.41) is 1.15. The Morgan fingerprint density at radius 3 is 2.74 bits per heavy atom. The number of nitrogens with zero attached hydrogens (tertiary/aromatic N) is 1. The Labute approximate surface area is 157 Å². The van der Waals surface area contributed by atoms with Crippen molar-refractivity contribution >= 4 is 16.8 Å². The van der Waals surface area contributed by atoms with Gasteiger partial charge in [0.2, 0.25) is 5.91 Å². The summed E-state index contributed by atoms with van der Waals surface area (Å²) < 4.78 is 18.6. The van der Waals surface area contributed by atoms with E-state index in [2.05, 4.69) is 11.1 Å². The fourth-order valence-corrected chi connectivity index (χ4v) is 3.85. The second-order valence-electron chi connectivity index (χ2n) is 7.14. The summed E-state index contributed by atoms with van der Waals surface area (Å²) in [4.78, 5) is 17.9. The molecule has 27 heavy (non-hydrogen) atoms. The van der Waals surface area contributed by atoms with Gasteiger partial charge in [0, 0.05) is 35.6 Å². The van der Waals surface area contributed by atoms with Gasteiger partial charge in [-0.3, -0.25) is 4.79 Å². The number of nitrogens with one attached hydrogen (secondary N) is 1. The SMILES string of the molecule is COc1ccc2[nH]c(C3CCN(C(=O)Cc4cccc(F)c4)CC3)cc2c1. The van der Waals surface area contributed by atoms with Crippen LogP contribution >= 0.6 is 0 Å². The van der Waals surface area contributed by atoms with E-state index in [1.54, 1.807) is 19.2 Å². The number of piperidine rings is 1. The number of halogens is 1. The third-order valence-corrected chi connectivity index (χ3v) is 5.38. The quantitative estimate of drug-likeness (QED) is 0.750. The molecule has 3 aromatic rings. The lowest BCUT2D eigenvalue weighted by atomic mass is 9.93. The smallest absolute Gasteiger partial charge is 0.226 e. The highest BCUT2D eigenvalue weighted by Gasteiger charge is 2.25. The number of fused-ring (bicyclic) bond motifs is 1. The predicted octanol–water partition coefficient (Wildman–Crippen LogP) is 4.26. The zero-order valence-corrected chi connectivity index (χ0v) is 15.4. The second kappa shape index (κ2) is 7.43. The molecule has 4 rings (SSSR count). The Hall–Kier alpha value is -2.82. The van der Waals surface area contributed by atoms with Crippen LogP contribution in [0.4, 0.5) is 4.39 Å². The number of aromatic nitrogens is 1. The average molecular weight is 366 g/mol. The zero-order chi connectivity index (χ0) is 18.8. The van der Waals surface area contributed by atoms with Crippen LogP contribution in [-0.4, -0.2) is 36.0 Å². The lowest BCUT2D eigenvalue weighted by Crippen LogP contribution is -2.38. The zero-order valence-electron chi connectivity index (χ0n) is 15.4. The van der Waals surface area contributed by atoms with Crippen molar-refractivity contribution in [2.24, 2.45) is 0 Å². The summed E-state index contributed by atoms with van der Waals surface area (Å²) in [5.41, 5.74) is 3.05. The largest absolute Gasteiger partial charge is 0.497 e. The maximum atomic E-state index is 13.3. The van der Waals surface area contributed by atoms with Crippen molar-refractivity contribution in [3.63, 3.8) is 0 Å². The van der Waals surface area contributed by atoms with Gasteiger partial charge in [-0.25, -0.2) is 4.39 Å². The van der Waals surface area contributed by atoms with Gasteiger partial charge < -0.3 is 14.6 Å². The lowest BCUT2D eigenvalue weighted by Gasteiger charge is -2.31. The molecule has 0 unspecified atom stereocenters. The van der Waals surface area contributed by atoms with Gasteiger partial charge in [-0.2, -0.15) is 0 Å². The number of amides is 1. The summed E-state index contributed by atoms with van der Waals surface area (Å²) in [6.45, 7) is 1.47. The van der Waals surface area contributed by atoms with Crippen LogP contribution < -0.4 is 4.74 Å². The van der Waals surface area contributed by atoms with Gasteiger partial charge in [-0.05, 0) is 54.8 Å². The highest BCUT2D eigenvalue weighted by Crippen LogP contribution is 2.31. The summed E-state index contributed by atoms with van der Waals surface area (Å²) in [7, 11) is 1.67. The molecule has 1 fully saturated rings. The number of carbonyl (C=O) groups is 1. The van der Waals surface area contributed by atoms with Gasteiger partial charge in [-0.1, -0.05) is 12.1 Å². The molecule has 1 aliphatic rings. The van der Waals surface area contributed by atoms with Crippen LogP contribution in [0.5, 0.6) is 5.75 Å². The van der Waals surface area contributed by atoms with E-state index in [1.165, 1.54) is 17.8 Å². The third-order valence-electron chi connectivity index (χ3n) is 5.38. The number of hydrogen-bond acceptors (Lipinski definition) is 2. The molecule has 0 saturated carbocycles. The average Bonchev–Trinajstić information content (AvgIpc) is 3.11. The van der Waals surface area contributed by atoms with E-state index in [1.807, 2.05) is 23.1 Å². The van der Waals surface area contributed by atoms with Crippen molar-refractivity contribution in [3.8, 4) is 5.75 Å². The van der Waals surface area contributed by atoms with E-state index >= 15 is 0 Å². The molecule has 0 radical (unpaired) electrons. The minimum absolute atomic E-state index is 0.0698. The van der Waals surface area contributed by atoms with Crippen LogP contribution in [0.3, 0.4) is 0 Å². The Morgan fingerprint density at radius 1 is 1.19 bits per heavy atom. The minimum Gasteiger partial charge on any atom is -0.497 e. The van der Waals surface area contributed by atoms with Gasteiger partial charge in [0.15, 0.2) is 0 Å². The van der Waals surface area contributed by atoms with Crippen LogP contribution in [0, 0.1) is 5.82 Å². The first-order valence-corrected chi connectivity index (χ1v) is 9.31. The summed E-state index contributed by atoms with van der Waals surface area (Å²) in [6, 6.07) is 14.5. The van der Waals surface area contributed by atoms with E-state index in [-0.39, 0.29) is 18.1 Å². The van der Waals surface area contributed by atoms with Crippen LogP contribution in [0.2, 0.25) is 0 Å². The predicted molar refractivity (Wildman–Crippen MR) is 104 cm³/mol. The first kappa shape index (κ1) is 17.6. The first-order valence-electron chi connectivity index (χ1n) is 9.31. The molecule has 1 aliphatic heterocycles. The highest BCUT2D eigenvalue weighted by atomic mass is 19.1. The second-order valence-corrected chi connectivity index (χ2v) is 7.14. The van der Waals surface area contributed by atoms with Crippen LogP contribution in [-0.2, 0) is 11.2 Å². The van der Waals surface area contributed by atoms with Gasteiger partial charge in [-0.15, -0.1) is 0 Å². The summed E-state index contributed by atoms with van der Waals surface area (Å²) in [6.07, 6.45) is 2.12. The van der Waals surface area contributed by atoms with Gasteiger partial charge in [0.25, 0.3) is 0 Å². The molecule has 0 spiro atoms. The standard InChI is InChI=1S/C22H23FN2O2/c1-27-19-5-6-20-17(13-19)14-21(24-20)16-7-9-25(10-8-16)22(26)12-15-3-2-4-18(23)11-15/h2-6,11,13-14,16,24H,7-10,12H2,1H3. The molecule has 140 valence electrons. The number of H-pyrrole nitrogens is 1. The Bertz CT molecular complexity index is 958. The molecule has 0 bridgehead atoms. The summed E-state index contributed by atoms with van der Waals surface area (Å²) in [5.74, 6) is 1.04. The van der Waals surface area contributed by atoms with Gasteiger partial charge in [0.05, 0.1) is 13.5 Å². The van der Waals surface area contributed by atoms with E-state index in [0.717, 1.165) is 48.1 Å². The van der Waals surface area contributed by atoms with E-state index in [0.29, 0.717) is 5.92 Å². The van der Waals surface area contributed by atoms with Crippen molar-refractivity contribution in [1.29, 1.82) is 0 Å². The maximum absolute atomic E-state index is 13.3. The number of carbonyl (C=O) groups excluding carboxylic acids is 1. The first-order chi connectivity index (χ1) is 13.1. The Balaban J connectivity index is 1.39. The number of benzene rings is 2. The molecule has 0 atom stereocenters.